The smallest absolute Gasteiger partial charge is 0.259 e. The van der Waals surface area contributed by atoms with Gasteiger partial charge in [-0.1, -0.05) is 15.9 Å². The second kappa shape index (κ2) is 5.65. The van der Waals surface area contributed by atoms with Crippen molar-refractivity contribution >= 4 is 27.5 Å². The summed E-state index contributed by atoms with van der Waals surface area (Å²) in [5, 5.41) is 2.81. The number of hydrogen-bond donors (Lipinski definition) is 1. The maximum atomic E-state index is 12.3. The van der Waals surface area contributed by atoms with E-state index in [4.69, 9.17) is 14.2 Å². The lowest BCUT2D eigenvalue weighted by molar-refractivity contribution is 0.102. The first-order chi connectivity index (χ1) is 10.2. The molecule has 0 atom stereocenters. The van der Waals surface area contributed by atoms with E-state index in [0.29, 0.717) is 28.5 Å². The fourth-order valence-electron chi connectivity index (χ4n) is 2.03. The van der Waals surface area contributed by atoms with Crippen molar-refractivity contribution in [1.29, 1.82) is 0 Å². The molecule has 0 unspecified atom stereocenters. The van der Waals surface area contributed by atoms with Crippen LogP contribution in [-0.4, -0.2) is 19.8 Å². The number of amides is 1. The minimum atomic E-state index is -0.252. The van der Waals surface area contributed by atoms with Crippen LogP contribution in [0.2, 0.25) is 0 Å². The van der Waals surface area contributed by atoms with Crippen LogP contribution in [0.25, 0.3) is 0 Å². The summed E-state index contributed by atoms with van der Waals surface area (Å²) in [5.74, 6) is 1.55. The summed E-state index contributed by atoms with van der Waals surface area (Å²) in [6.07, 6.45) is 0. The quantitative estimate of drug-likeness (QED) is 0.922. The molecule has 0 radical (unpaired) electrons. The second-order valence-corrected chi connectivity index (χ2v) is 5.28. The fourth-order valence-corrected chi connectivity index (χ4v) is 2.37. The monoisotopic (exact) mass is 349 g/mol. The van der Waals surface area contributed by atoms with Gasteiger partial charge in [-0.15, -0.1) is 0 Å². The summed E-state index contributed by atoms with van der Waals surface area (Å²) >= 11 is 3.34. The number of rotatable bonds is 3. The van der Waals surface area contributed by atoms with Gasteiger partial charge in [0.1, 0.15) is 5.75 Å². The van der Waals surface area contributed by atoms with E-state index < -0.39 is 0 Å². The molecule has 1 N–H and O–H groups in total. The number of anilines is 1. The van der Waals surface area contributed by atoms with Gasteiger partial charge in [0.05, 0.1) is 12.7 Å². The molecule has 0 spiro atoms. The third-order valence-electron chi connectivity index (χ3n) is 3.04. The number of hydrogen-bond acceptors (Lipinski definition) is 4. The predicted molar refractivity (Wildman–Crippen MR) is 81.2 cm³/mol. The molecule has 2 aromatic carbocycles. The van der Waals surface area contributed by atoms with Crippen LogP contribution in [0.4, 0.5) is 5.69 Å². The number of methoxy groups -OCH3 is 1. The van der Waals surface area contributed by atoms with E-state index >= 15 is 0 Å². The Bertz CT molecular complexity index is 702. The summed E-state index contributed by atoms with van der Waals surface area (Å²) in [6.45, 7) is 0.202. The van der Waals surface area contributed by atoms with Gasteiger partial charge in [-0.3, -0.25) is 4.79 Å². The highest BCUT2D eigenvalue weighted by molar-refractivity contribution is 9.10. The lowest BCUT2D eigenvalue weighted by Gasteiger charge is -2.10. The number of fused-ring (bicyclic) bond motifs is 1. The van der Waals surface area contributed by atoms with Crippen molar-refractivity contribution in [3.8, 4) is 17.2 Å². The third kappa shape index (κ3) is 2.80. The average molecular weight is 350 g/mol. The number of ether oxygens (including phenoxy) is 3. The SMILES string of the molecule is COc1cc(Br)ccc1C(=O)Nc1ccc2c(c1)OCO2. The zero-order valence-corrected chi connectivity index (χ0v) is 12.8. The van der Waals surface area contributed by atoms with Crippen molar-refractivity contribution in [3.63, 3.8) is 0 Å². The molecule has 5 nitrogen and oxygen atoms in total. The molecule has 1 heterocycles. The van der Waals surface area contributed by atoms with Gasteiger partial charge in [0.25, 0.3) is 5.91 Å². The zero-order valence-electron chi connectivity index (χ0n) is 11.2. The van der Waals surface area contributed by atoms with Crippen molar-refractivity contribution in [3.05, 3.63) is 46.4 Å². The Morgan fingerprint density at radius 2 is 2.00 bits per heavy atom. The standard InChI is InChI=1S/C15H12BrNO4/c1-19-13-6-9(16)2-4-11(13)15(18)17-10-3-5-12-14(7-10)21-8-20-12/h2-7H,8H2,1H3,(H,17,18). The van der Waals surface area contributed by atoms with E-state index in [1.54, 1.807) is 36.4 Å². The van der Waals surface area contributed by atoms with Crippen molar-refractivity contribution in [2.45, 2.75) is 0 Å². The summed E-state index contributed by atoms with van der Waals surface area (Å²) in [4.78, 5) is 12.3. The molecule has 0 saturated carbocycles. The van der Waals surface area contributed by atoms with Gasteiger partial charge in [-0.25, -0.2) is 0 Å². The van der Waals surface area contributed by atoms with Crippen LogP contribution < -0.4 is 19.5 Å². The van der Waals surface area contributed by atoms with Gasteiger partial charge >= 0.3 is 0 Å². The van der Waals surface area contributed by atoms with Gasteiger partial charge in [-0.05, 0) is 30.3 Å². The van der Waals surface area contributed by atoms with E-state index in [-0.39, 0.29) is 12.7 Å². The van der Waals surface area contributed by atoms with Crippen LogP contribution in [0.5, 0.6) is 17.2 Å². The topological polar surface area (TPSA) is 56.8 Å². The molecule has 21 heavy (non-hydrogen) atoms. The Labute approximate surface area is 129 Å². The number of benzene rings is 2. The molecule has 0 bridgehead atoms. The molecular weight excluding hydrogens is 338 g/mol. The molecule has 6 heteroatoms. The Kier molecular flexibility index (Phi) is 3.70. The molecular formula is C15H12BrNO4. The Balaban J connectivity index is 1.83. The highest BCUT2D eigenvalue weighted by Crippen LogP contribution is 2.34. The molecule has 1 aliphatic heterocycles. The van der Waals surface area contributed by atoms with Crippen molar-refractivity contribution in [2.24, 2.45) is 0 Å². The van der Waals surface area contributed by atoms with E-state index in [1.165, 1.54) is 7.11 Å². The molecule has 0 fully saturated rings. The minimum absolute atomic E-state index is 0.202. The Hall–Kier alpha value is -2.21. The summed E-state index contributed by atoms with van der Waals surface area (Å²) in [6, 6.07) is 10.5. The molecule has 2 aromatic rings. The van der Waals surface area contributed by atoms with Crippen LogP contribution in [0.15, 0.2) is 40.9 Å². The first-order valence-corrected chi connectivity index (χ1v) is 7.01. The summed E-state index contributed by atoms with van der Waals surface area (Å²) < 4.78 is 16.6. The highest BCUT2D eigenvalue weighted by Gasteiger charge is 2.16. The van der Waals surface area contributed by atoms with Crippen LogP contribution in [-0.2, 0) is 0 Å². The van der Waals surface area contributed by atoms with Crippen LogP contribution in [0, 0.1) is 0 Å². The van der Waals surface area contributed by atoms with E-state index in [2.05, 4.69) is 21.2 Å². The van der Waals surface area contributed by atoms with E-state index in [1.807, 2.05) is 0 Å². The Morgan fingerprint density at radius 3 is 2.81 bits per heavy atom. The zero-order chi connectivity index (χ0) is 14.8. The lowest BCUT2D eigenvalue weighted by Crippen LogP contribution is -2.13. The first-order valence-electron chi connectivity index (χ1n) is 6.22. The van der Waals surface area contributed by atoms with Crippen LogP contribution in [0.3, 0.4) is 0 Å². The first kappa shape index (κ1) is 13.8. The normalized spacial score (nSPS) is 12.1. The summed E-state index contributed by atoms with van der Waals surface area (Å²) in [7, 11) is 1.53. The van der Waals surface area contributed by atoms with Gasteiger partial charge in [0.15, 0.2) is 11.5 Å². The lowest BCUT2D eigenvalue weighted by atomic mass is 10.2. The molecule has 3 rings (SSSR count). The Morgan fingerprint density at radius 1 is 1.19 bits per heavy atom. The van der Waals surface area contributed by atoms with Crippen molar-refractivity contribution < 1.29 is 19.0 Å². The minimum Gasteiger partial charge on any atom is -0.496 e. The number of halogens is 1. The number of carbonyl (C=O) groups excluding carboxylic acids is 1. The van der Waals surface area contributed by atoms with Gasteiger partial charge in [0.2, 0.25) is 6.79 Å². The summed E-state index contributed by atoms with van der Waals surface area (Å²) in [5.41, 5.74) is 1.09. The van der Waals surface area contributed by atoms with Crippen LogP contribution in [0.1, 0.15) is 10.4 Å². The molecule has 0 aliphatic carbocycles. The van der Waals surface area contributed by atoms with E-state index in [9.17, 15) is 4.79 Å². The molecule has 1 aliphatic rings. The fraction of sp³-hybridized carbons (Fsp3) is 0.133. The second-order valence-electron chi connectivity index (χ2n) is 4.37. The van der Waals surface area contributed by atoms with Crippen LogP contribution >= 0.6 is 15.9 Å². The molecule has 108 valence electrons. The highest BCUT2D eigenvalue weighted by atomic mass is 79.9. The van der Waals surface area contributed by atoms with Crippen molar-refractivity contribution in [1.82, 2.24) is 0 Å². The number of carbonyl (C=O) groups is 1. The molecule has 1 amide bonds. The van der Waals surface area contributed by atoms with Crippen molar-refractivity contribution in [2.75, 3.05) is 19.2 Å². The molecule has 0 saturated heterocycles. The largest absolute Gasteiger partial charge is 0.496 e. The third-order valence-corrected chi connectivity index (χ3v) is 3.53. The van der Waals surface area contributed by atoms with E-state index in [0.717, 1.165) is 4.47 Å². The average Bonchev–Trinajstić information content (AvgIpc) is 2.94. The van der Waals surface area contributed by atoms with Gasteiger partial charge in [0, 0.05) is 16.2 Å². The number of nitrogens with one attached hydrogen (secondary N) is 1. The predicted octanol–water partition coefficient (Wildman–Crippen LogP) is 3.44. The van der Waals surface area contributed by atoms with Gasteiger partial charge in [-0.2, -0.15) is 0 Å². The van der Waals surface area contributed by atoms with Gasteiger partial charge < -0.3 is 19.5 Å². The maximum Gasteiger partial charge on any atom is 0.259 e. The maximum absolute atomic E-state index is 12.3. The molecule has 0 aromatic heterocycles.